The molecule has 2 amide bonds. The third-order valence-electron chi connectivity index (χ3n) is 8.54. The van der Waals surface area contributed by atoms with Crippen LogP contribution in [0.2, 0.25) is 0 Å². The Labute approximate surface area is 248 Å². The van der Waals surface area contributed by atoms with E-state index in [1.54, 1.807) is 7.11 Å². The van der Waals surface area contributed by atoms with Gasteiger partial charge in [-0.05, 0) is 81.3 Å². The fourth-order valence-electron chi connectivity index (χ4n) is 6.33. The Hall–Kier alpha value is -3.98. The lowest BCUT2D eigenvalue weighted by atomic mass is 9.84. The maximum Gasteiger partial charge on any atom is 0.252 e. The minimum absolute atomic E-state index is 0.00856. The van der Waals surface area contributed by atoms with Crippen LogP contribution >= 0.6 is 0 Å². The highest BCUT2D eigenvalue weighted by molar-refractivity contribution is 5.95. The van der Waals surface area contributed by atoms with Crippen LogP contribution in [0.25, 0.3) is 11.1 Å². The molecule has 2 aromatic carbocycles. The SMILES string of the molecule is COCCNC(=O)[C@@H]1C[C@@H]2CCCC[C@@H]2N1c1cc(C(C)(C)NC(=O)c2ccc(-c3ccc(N)cc3)cc2)nc(C)n1. The number of anilines is 2. The summed E-state index contributed by atoms with van der Waals surface area (Å²) in [6, 6.07) is 17.1. The minimum Gasteiger partial charge on any atom is -0.399 e. The summed E-state index contributed by atoms with van der Waals surface area (Å²) in [5, 5.41) is 6.21. The number of nitrogens with two attached hydrogens (primary N) is 1. The lowest BCUT2D eigenvalue weighted by Crippen LogP contribution is -2.48. The number of aryl methyl sites for hydroxylation is 1. The van der Waals surface area contributed by atoms with E-state index in [-0.39, 0.29) is 23.9 Å². The molecule has 3 aromatic rings. The molecule has 2 aliphatic rings. The number of nitrogen functional groups attached to an aromatic ring is 1. The number of hydrogen-bond acceptors (Lipinski definition) is 7. The predicted molar refractivity (Wildman–Crippen MR) is 165 cm³/mol. The number of amides is 2. The normalized spacial score (nSPS) is 20.2. The van der Waals surface area contributed by atoms with Gasteiger partial charge in [0, 0.05) is 37.0 Å². The monoisotopic (exact) mass is 570 g/mol. The summed E-state index contributed by atoms with van der Waals surface area (Å²) >= 11 is 0. The largest absolute Gasteiger partial charge is 0.399 e. The van der Waals surface area contributed by atoms with Gasteiger partial charge in [0.2, 0.25) is 5.91 Å². The Kier molecular flexibility index (Phi) is 8.77. The molecule has 2 heterocycles. The van der Waals surface area contributed by atoms with E-state index in [0.29, 0.717) is 41.8 Å². The molecule has 5 rings (SSSR count). The lowest BCUT2D eigenvalue weighted by molar-refractivity contribution is -0.122. The third-order valence-corrected chi connectivity index (χ3v) is 8.54. The van der Waals surface area contributed by atoms with E-state index >= 15 is 0 Å². The second-order valence-corrected chi connectivity index (χ2v) is 12.0. The molecule has 1 saturated carbocycles. The van der Waals surface area contributed by atoms with Gasteiger partial charge in [-0.1, -0.05) is 37.1 Å². The van der Waals surface area contributed by atoms with Crippen LogP contribution in [0.4, 0.5) is 11.5 Å². The predicted octanol–water partition coefficient (Wildman–Crippen LogP) is 4.60. The summed E-state index contributed by atoms with van der Waals surface area (Å²) in [5.74, 6) is 1.63. The number of aromatic nitrogens is 2. The van der Waals surface area contributed by atoms with Crippen molar-refractivity contribution in [2.24, 2.45) is 5.92 Å². The molecular formula is C33H42N6O3. The topological polar surface area (TPSA) is 122 Å². The van der Waals surface area contributed by atoms with Gasteiger partial charge in [0.25, 0.3) is 5.91 Å². The molecule has 1 aliphatic carbocycles. The van der Waals surface area contributed by atoms with Gasteiger partial charge in [-0.15, -0.1) is 0 Å². The van der Waals surface area contributed by atoms with E-state index < -0.39 is 5.54 Å². The Morgan fingerprint density at radius 1 is 1.02 bits per heavy atom. The van der Waals surface area contributed by atoms with Crippen molar-refractivity contribution in [3.05, 3.63) is 71.7 Å². The summed E-state index contributed by atoms with van der Waals surface area (Å²) < 4.78 is 5.14. The molecule has 0 bridgehead atoms. The minimum atomic E-state index is -0.781. The van der Waals surface area contributed by atoms with E-state index in [9.17, 15) is 9.59 Å². The van der Waals surface area contributed by atoms with Gasteiger partial charge in [-0.25, -0.2) is 9.97 Å². The number of nitrogens with one attached hydrogen (secondary N) is 2. The molecule has 0 unspecified atom stereocenters. The molecule has 9 heteroatoms. The van der Waals surface area contributed by atoms with Crippen LogP contribution in [-0.4, -0.2) is 54.1 Å². The van der Waals surface area contributed by atoms with Gasteiger partial charge in [-0.2, -0.15) is 0 Å². The van der Waals surface area contributed by atoms with Gasteiger partial charge in [0.1, 0.15) is 17.7 Å². The van der Waals surface area contributed by atoms with E-state index in [2.05, 4.69) is 15.5 Å². The molecule has 3 atom stereocenters. The lowest BCUT2D eigenvalue weighted by Gasteiger charge is -2.35. The van der Waals surface area contributed by atoms with Crippen molar-refractivity contribution in [3.8, 4) is 11.1 Å². The quantitative estimate of drug-likeness (QED) is 0.254. The van der Waals surface area contributed by atoms with Crippen LogP contribution in [0, 0.1) is 12.8 Å². The Bertz CT molecular complexity index is 1410. The molecule has 2 fully saturated rings. The van der Waals surface area contributed by atoms with Crippen LogP contribution in [0.15, 0.2) is 54.6 Å². The summed E-state index contributed by atoms with van der Waals surface area (Å²) in [4.78, 5) is 38.5. The number of carbonyl (C=O) groups is 2. The van der Waals surface area contributed by atoms with Crippen LogP contribution in [0.1, 0.15) is 67.8 Å². The van der Waals surface area contributed by atoms with Crippen molar-refractivity contribution >= 4 is 23.3 Å². The van der Waals surface area contributed by atoms with E-state index in [4.69, 9.17) is 20.4 Å². The van der Waals surface area contributed by atoms with E-state index in [1.165, 1.54) is 6.42 Å². The van der Waals surface area contributed by atoms with E-state index in [0.717, 1.165) is 42.6 Å². The average molecular weight is 571 g/mol. The highest BCUT2D eigenvalue weighted by Crippen LogP contribution is 2.42. The summed E-state index contributed by atoms with van der Waals surface area (Å²) in [6.07, 6.45) is 5.32. The van der Waals surface area contributed by atoms with Crippen LogP contribution in [0.3, 0.4) is 0 Å². The van der Waals surface area contributed by atoms with Crippen molar-refractivity contribution in [1.29, 1.82) is 0 Å². The molecule has 0 spiro atoms. The molecule has 1 aromatic heterocycles. The molecule has 1 aliphatic heterocycles. The zero-order valence-electron chi connectivity index (χ0n) is 25.0. The molecule has 4 N–H and O–H groups in total. The standard InChI is InChI=1S/C33H42N6O3/c1-21-36-29(33(2,3)38-31(40)24-11-9-22(10-12-24)23-13-15-26(34)16-14-23)20-30(37-21)39-27-8-6-5-7-25(27)19-28(39)32(41)35-17-18-42-4/h9-16,20,25,27-28H,5-8,17-19,34H2,1-4H3,(H,35,41)(H,38,40)/t25-,27-,28-/m0/s1. The van der Waals surface area contributed by atoms with Crippen LogP contribution in [-0.2, 0) is 15.1 Å². The molecule has 222 valence electrons. The molecule has 42 heavy (non-hydrogen) atoms. The maximum atomic E-state index is 13.4. The summed E-state index contributed by atoms with van der Waals surface area (Å²) in [6.45, 7) is 6.70. The zero-order chi connectivity index (χ0) is 29.9. The molecule has 9 nitrogen and oxygen atoms in total. The first-order valence-electron chi connectivity index (χ1n) is 14.9. The molecule has 1 saturated heterocycles. The third kappa shape index (κ3) is 6.41. The average Bonchev–Trinajstić information content (AvgIpc) is 3.37. The first-order chi connectivity index (χ1) is 20.2. The number of fused-ring (bicyclic) bond motifs is 1. The van der Waals surface area contributed by atoms with Crippen molar-refractivity contribution < 1.29 is 14.3 Å². The Morgan fingerprint density at radius 3 is 2.38 bits per heavy atom. The number of hydrogen-bond donors (Lipinski definition) is 3. The van der Waals surface area contributed by atoms with Crippen molar-refractivity contribution in [2.45, 2.75) is 70.5 Å². The van der Waals surface area contributed by atoms with Gasteiger partial charge < -0.3 is 26.0 Å². The first-order valence-corrected chi connectivity index (χ1v) is 14.9. The van der Waals surface area contributed by atoms with Gasteiger partial charge in [0.05, 0.1) is 17.8 Å². The molecular weight excluding hydrogens is 528 g/mol. The number of nitrogens with zero attached hydrogens (tertiary/aromatic N) is 3. The number of carbonyl (C=O) groups excluding carboxylic acids is 2. The first kappa shape index (κ1) is 29.5. The van der Waals surface area contributed by atoms with E-state index in [1.807, 2.05) is 75.4 Å². The number of methoxy groups -OCH3 is 1. The Balaban J connectivity index is 1.37. The fraction of sp³-hybridized carbons (Fsp3) is 0.455. The maximum absolute atomic E-state index is 13.4. The highest BCUT2D eigenvalue weighted by atomic mass is 16.5. The van der Waals surface area contributed by atoms with Crippen LogP contribution < -0.4 is 21.3 Å². The summed E-state index contributed by atoms with van der Waals surface area (Å²) in [5.41, 5.74) is 9.05. The smallest absolute Gasteiger partial charge is 0.252 e. The van der Waals surface area contributed by atoms with Gasteiger partial charge in [0.15, 0.2) is 0 Å². The molecule has 0 radical (unpaired) electrons. The highest BCUT2D eigenvalue weighted by Gasteiger charge is 2.46. The van der Waals surface area contributed by atoms with Crippen molar-refractivity contribution in [2.75, 3.05) is 30.9 Å². The fourth-order valence-corrected chi connectivity index (χ4v) is 6.33. The summed E-state index contributed by atoms with van der Waals surface area (Å²) in [7, 11) is 1.63. The number of rotatable bonds is 9. The number of benzene rings is 2. The van der Waals surface area contributed by atoms with Crippen LogP contribution in [0.5, 0.6) is 0 Å². The van der Waals surface area contributed by atoms with Gasteiger partial charge in [-0.3, -0.25) is 9.59 Å². The second kappa shape index (κ2) is 12.5. The zero-order valence-corrected chi connectivity index (χ0v) is 25.0. The number of ether oxygens (including phenoxy) is 1. The second-order valence-electron chi connectivity index (χ2n) is 12.0. The Morgan fingerprint density at radius 2 is 1.69 bits per heavy atom. The van der Waals surface area contributed by atoms with Crippen molar-refractivity contribution in [1.82, 2.24) is 20.6 Å². The van der Waals surface area contributed by atoms with Crippen molar-refractivity contribution in [3.63, 3.8) is 0 Å². The van der Waals surface area contributed by atoms with Gasteiger partial charge >= 0.3 is 0 Å².